The first-order chi connectivity index (χ1) is 14.0. The number of aromatic nitrogens is 4. The second-order valence-corrected chi connectivity index (χ2v) is 7.52. The molecule has 0 unspecified atom stereocenters. The molecule has 5 rings (SSSR count). The van der Waals surface area contributed by atoms with Crippen LogP contribution in [0.1, 0.15) is 21.5 Å². The van der Waals surface area contributed by atoms with E-state index in [2.05, 4.69) is 32.6 Å². The molecule has 7 heteroatoms. The molecule has 0 spiro atoms. The summed E-state index contributed by atoms with van der Waals surface area (Å²) in [5.41, 5.74) is 4.91. The Morgan fingerprint density at radius 3 is 2.69 bits per heavy atom. The van der Waals surface area contributed by atoms with Crippen LogP contribution in [0.5, 0.6) is 0 Å². The van der Waals surface area contributed by atoms with E-state index in [-0.39, 0.29) is 5.91 Å². The molecule has 0 bridgehead atoms. The maximum Gasteiger partial charge on any atom is 0.256 e. The van der Waals surface area contributed by atoms with E-state index in [0.29, 0.717) is 11.4 Å². The van der Waals surface area contributed by atoms with Crippen LogP contribution in [-0.2, 0) is 20.1 Å². The number of aryl methyl sites for hydroxylation is 1. The van der Waals surface area contributed by atoms with Crippen LogP contribution < -0.4 is 5.32 Å². The Hall–Kier alpha value is -3.58. The van der Waals surface area contributed by atoms with Crippen molar-refractivity contribution in [3.05, 3.63) is 71.5 Å². The van der Waals surface area contributed by atoms with Crippen molar-refractivity contribution in [3.8, 4) is 11.3 Å². The zero-order chi connectivity index (χ0) is 20.0. The predicted octanol–water partition coefficient (Wildman–Crippen LogP) is 3.23. The number of hydrogen-bond acceptors (Lipinski definition) is 5. The molecule has 1 amide bonds. The molecule has 1 aliphatic rings. The van der Waals surface area contributed by atoms with Crippen LogP contribution in [0, 0.1) is 0 Å². The van der Waals surface area contributed by atoms with Crippen LogP contribution in [0.4, 0.5) is 5.82 Å². The van der Waals surface area contributed by atoms with Gasteiger partial charge in [0.1, 0.15) is 11.5 Å². The largest absolute Gasteiger partial charge is 0.307 e. The Kier molecular flexibility index (Phi) is 4.10. The molecule has 29 heavy (non-hydrogen) atoms. The third-order valence-electron chi connectivity index (χ3n) is 5.21. The Balaban J connectivity index is 1.41. The number of nitrogens with zero attached hydrogens (tertiary/aromatic N) is 5. The molecule has 1 N–H and O–H groups in total. The molecule has 0 fully saturated rings. The molecule has 3 heterocycles. The molecule has 2 aromatic heterocycles. The quantitative estimate of drug-likeness (QED) is 0.587. The Bertz CT molecular complexity index is 1250. The smallest absolute Gasteiger partial charge is 0.256 e. The highest BCUT2D eigenvalue weighted by atomic mass is 16.1. The van der Waals surface area contributed by atoms with Gasteiger partial charge in [-0.2, -0.15) is 0 Å². The van der Waals surface area contributed by atoms with Crippen molar-refractivity contribution in [3.63, 3.8) is 0 Å². The van der Waals surface area contributed by atoms with Crippen LogP contribution in [0.3, 0.4) is 0 Å². The van der Waals surface area contributed by atoms with E-state index in [0.717, 1.165) is 35.1 Å². The normalized spacial score (nSPS) is 13.6. The summed E-state index contributed by atoms with van der Waals surface area (Å²) in [6, 6.07) is 13.8. The second kappa shape index (κ2) is 6.79. The molecule has 0 saturated heterocycles. The van der Waals surface area contributed by atoms with Crippen molar-refractivity contribution < 1.29 is 4.79 Å². The first kappa shape index (κ1) is 17.5. The zero-order valence-corrected chi connectivity index (χ0v) is 16.3. The lowest BCUT2D eigenvalue weighted by molar-refractivity contribution is 0.102. The highest BCUT2D eigenvalue weighted by molar-refractivity contribution is 6.04. The van der Waals surface area contributed by atoms with E-state index in [9.17, 15) is 4.79 Å². The second-order valence-electron chi connectivity index (χ2n) is 7.52. The number of benzene rings is 2. The molecule has 0 saturated carbocycles. The molecule has 4 aromatic rings. The summed E-state index contributed by atoms with van der Waals surface area (Å²) < 4.78 is 1.67. The average Bonchev–Trinajstić information content (AvgIpc) is 3.31. The first-order valence-corrected chi connectivity index (χ1v) is 9.43. The first-order valence-electron chi connectivity index (χ1n) is 9.43. The number of nitrogens with one attached hydrogen (secondary N) is 1. The monoisotopic (exact) mass is 384 g/mol. The highest BCUT2D eigenvalue weighted by Crippen LogP contribution is 2.25. The molecule has 7 nitrogen and oxygen atoms in total. The SMILES string of the molecule is CN1Cc2ccc(C(=O)Nc3cc4cc(-c5cn(C)nn5)ccc4cn3)cc2C1. The maximum absolute atomic E-state index is 12.7. The van der Waals surface area contributed by atoms with Gasteiger partial charge in [0.05, 0.1) is 6.20 Å². The summed E-state index contributed by atoms with van der Waals surface area (Å²) in [4.78, 5) is 19.4. The number of fused-ring (bicyclic) bond motifs is 2. The van der Waals surface area contributed by atoms with Crippen LogP contribution in [-0.4, -0.2) is 37.8 Å². The van der Waals surface area contributed by atoms with E-state index >= 15 is 0 Å². The highest BCUT2D eigenvalue weighted by Gasteiger charge is 2.17. The van der Waals surface area contributed by atoms with E-state index in [1.807, 2.05) is 55.7 Å². The van der Waals surface area contributed by atoms with Gasteiger partial charge in [-0.3, -0.25) is 14.4 Å². The van der Waals surface area contributed by atoms with Gasteiger partial charge in [-0.1, -0.05) is 23.4 Å². The minimum Gasteiger partial charge on any atom is -0.307 e. The third-order valence-corrected chi connectivity index (χ3v) is 5.21. The van der Waals surface area contributed by atoms with Crippen molar-refractivity contribution in [2.24, 2.45) is 7.05 Å². The van der Waals surface area contributed by atoms with Gasteiger partial charge in [0.2, 0.25) is 0 Å². The van der Waals surface area contributed by atoms with Gasteiger partial charge < -0.3 is 5.32 Å². The molecule has 2 aromatic carbocycles. The lowest BCUT2D eigenvalue weighted by Gasteiger charge is -2.08. The standard InChI is InChI=1S/C22H20N6O/c1-27-11-17-6-4-15(8-19(17)12-27)22(29)24-21-9-18-7-14(3-5-16(18)10-23-21)20-13-28(2)26-25-20/h3-10,13H,11-12H2,1-2H3,(H,23,24,29). The molecular formula is C22H20N6O. The summed E-state index contributed by atoms with van der Waals surface area (Å²) in [7, 11) is 3.92. The fourth-order valence-electron chi connectivity index (χ4n) is 3.74. The fraction of sp³-hybridized carbons (Fsp3) is 0.182. The molecule has 0 radical (unpaired) electrons. The minimum atomic E-state index is -0.153. The van der Waals surface area contributed by atoms with Gasteiger partial charge in [0, 0.05) is 42.8 Å². The number of hydrogen-bond donors (Lipinski definition) is 1. The van der Waals surface area contributed by atoms with Gasteiger partial charge in [0.25, 0.3) is 5.91 Å². The topological polar surface area (TPSA) is 75.9 Å². The molecular weight excluding hydrogens is 364 g/mol. The average molecular weight is 384 g/mol. The van der Waals surface area contributed by atoms with E-state index in [1.165, 1.54) is 11.1 Å². The lowest BCUT2D eigenvalue weighted by Crippen LogP contribution is -2.13. The van der Waals surface area contributed by atoms with Gasteiger partial charge >= 0.3 is 0 Å². The minimum absolute atomic E-state index is 0.153. The van der Waals surface area contributed by atoms with E-state index in [1.54, 1.807) is 10.9 Å². The lowest BCUT2D eigenvalue weighted by atomic mass is 10.1. The van der Waals surface area contributed by atoms with Crippen molar-refractivity contribution in [2.75, 3.05) is 12.4 Å². The Labute approximate surface area is 168 Å². The van der Waals surface area contributed by atoms with Crippen LogP contribution >= 0.6 is 0 Å². The zero-order valence-electron chi connectivity index (χ0n) is 16.3. The summed E-state index contributed by atoms with van der Waals surface area (Å²) in [5.74, 6) is 0.371. The van der Waals surface area contributed by atoms with E-state index < -0.39 is 0 Å². The van der Waals surface area contributed by atoms with Crippen LogP contribution in [0.2, 0.25) is 0 Å². The third kappa shape index (κ3) is 3.36. The summed E-state index contributed by atoms with van der Waals surface area (Å²) in [6.07, 6.45) is 3.64. The van der Waals surface area contributed by atoms with Crippen molar-refractivity contribution in [2.45, 2.75) is 13.1 Å². The number of carbonyl (C=O) groups is 1. The van der Waals surface area contributed by atoms with Gasteiger partial charge in [-0.15, -0.1) is 5.10 Å². The van der Waals surface area contributed by atoms with Crippen LogP contribution in [0.15, 0.2) is 54.9 Å². The van der Waals surface area contributed by atoms with Gasteiger partial charge in [-0.05, 0) is 47.8 Å². The maximum atomic E-state index is 12.7. The molecule has 0 atom stereocenters. The predicted molar refractivity (Wildman–Crippen MR) is 111 cm³/mol. The molecule has 144 valence electrons. The van der Waals surface area contributed by atoms with Gasteiger partial charge in [0.15, 0.2) is 0 Å². The summed E-state index contributed by atoms with van der Waals surface area (Å²) in [6.45, 7) is 1.80. The number of pyridine rings is 1. The number of anilines is 1. The fourth-order valence-corrected chi connectivity index (χ4v) is 3.74. The Morgan fingerprint density at radius 2 is 1.86 bits per heavy atom. The molecule has 0 aliphatic carbocycles. The van der Waals surface area contributed by atoms with Crippen LogP contribution in [0.25, 0.3) is 22.0 Å². The number of amides is 1. The van der Waals surface area contributed by atoms with Crippen molar-refractivity contribution >= 4 is 22.5 Å². The number of carbonyl (C=O) groups excluding carboxylic acids is 1. The van der Waals surface area contributed by atoms with Crippen molar-refractivity contribution in [1.29, 1.82) is 0 Å². The van der Waals surface area contributed by atoms with E-state index in [4.69, 9.17) is 0 Å². The Morgan fingerprint density at radius 1 is 1.00 bits per heavy atom. The summed E-state index contributed by atoms with van der Waals surface area (Å²) >= 11 is 0. The molecule has 1 aliphatic heterocycles. The number of rotatable bonds is 3. The van der Waals surface area contributed by atoms with Gasteiger partial charge in [-0.25, -0.2) is 4.98 Å². The summed E-state index contributed by atoms with van der Waals surface area (Å²) in [5, 5.41) is 13.0. The van der Waals surface area contributed by atoms with Crippen molar-refractivity contribution in [1.82, 2.24) is 24.9 Å².